The largest absolute Gasteiger partial charge is 0.103 e. The second-order valence-corrected chi connectivity index (χ2v) is 2.49. The maximum Gasteiger partial charge on any atom is 0 e. The van der Waals surface area contributed by atoms with Gasteiger partial charge in [0.1, 0.15) is 0 Å². The first-order valence-corrected chi connectivity index (χ1v) is 4.02. The highest BCUT2D eigenvalue weighted by molar-refractivity contribution is 4.65. The maximum atomic E-state index is 3.68. The Kier molecular flexibility index (Phi) is 14.3. The predicted octanol–water partition coefficient (Wildman–Crippen LogP) is 3.61. The van der Waals surface area contributed by atoms with Crippen LogP contribution in [0, 0.1) is 7.43 Å². The molecule has 0 heterocycles. The molecule has 0 rings (SSSR count). The summed E-state index contributed by atoms with van der Waals surface area (Å²) in [5.74, 6) is 0. The third-order valence-corrected chi connectivity index (χ3v) is 1.51. The van der Waals surface area contributed by atoms with Crippen LogP contribution in [0.4, 0.5) is 0 Å². The Hall–Kier alpha value is -0.260. The molecule has 10 heavy (non-hydrogen) atoms. The van der Waals surface area contributed by atoms with Gasteiger partial charge in [0, 0.05) is 7.43 Å². The zero-order chi connectivity index (χ0) is 6.95. The molecule has 0 amide bonds. The highest BCUT2D eigenvalue weighted by Crippen LogP contribution is 2.04. The predicted molar refractivity (Wildman–Crippen MR) is 46.8 cm³/mol. The Morgan fingerprint density at radius 1 is 1.10 bits per heavy atom. The van der Waals surface area contributed by atoms with Crippen molar-refractivity contribution in [1.82, 2.24) is 0 Å². The fourth-order valence-electron chi connectivity index (χ4n) is 0.892. The van der Waals surface area contributed by atoms with Gasteiger partial charge in [0.15, 0.2) is 0 Å². The molecule has 58 valence electrons. The second-order valence-electron chi connectivity index (χ2n) is 2.49. The summed E-state index contributed by atoms with van der Waals surface area (Å²) in [6.07, 6.45) is 10.1. The Labute approximate surface area is 66.3 Å². The summed E-state index contributed by atoms with van der Waals surface area (Å²) < 4.78 is 0. The van der Waals surface area contributed by atoms with E-state index in [0.717, 1.165) is 0 Å². The van der Waals surface area contributed by atoms with Gasteiger partial charge in [-0.15, -0.1) is 6.58 Å². The van der Waals surface area contributed by atoms with Gasteiger partial charge in [0.25, 0.3) is 0 Å². The quantitative estimate of drug-likeness (QED) is 0.388. The molecule has 0 aromatic heterocycles. The summed E-state index contributed by atoms with van der Waals surface area (Å²) in [5.41, 5.74) is 0. The Bertz CT molecular complexity index is 55.1. The van der Waals surface area contributed by atoms with Crippen molar-refractivity contribution in [2.24, 2.45) is 0 Å². The van der Waals surface area contributed by atoms with Crippen LogP contribution >= 0.6 is 0 Å². The maximum absolute atomic E-state index is 3.68. The van der Waals surface area contributed by atoms with Crippen LogP contribution in [0.5, 0.6) is 0 Å². The minimum absolute atomic E-state index is 0. The highest BCUT2D eigenvalue weighted by atomic mass is 13.9. The van der Waals surface area contributed by atoms with E-state index in [-0.39, 0.29) is 7.43 Å². The summed E-state index contributed by atoms with van der Waals surface area (Å²) >= 11 is 0. The van der Waals surface area contributed by atoms with Crippen LogP contribution in [0.15, 0.2) is 12.7 Å². The smallest absolute Gasteiger partial charge is 0 e. The monoisotopic (exact) mass is 138 g/mol. The van der Waals surface area contributed by atoms with Gasteiger partial charge in [0.2, 0.25) is 0 Å². The fraction of sp³-hybridized carbons (Fsp3) is 0.700. The molecule has 0 N–H and O–H groups in total. The second kappa shape index (κ2) is 11.5. The van der Waals surface area contributed by atoms with Gasteiger partial charge in [-0.3, -0.25) is 0 Å². The van der Waals surface area contributed by atoms with Crippen molar-refractivity contribution < 1.29 is 0 Å². The van der Waals surface area contributed by atoms with E-state index in [1.807, 2.05) is 6.08 Å². The van der Waals surface area contributed by atoms with Crippen LogP contribution in [-0.4, -0.2) is 0 Å². The van der Waals surface area contributed by atoms with Crippen molar-refractivity contribution in [3.8, 4) is 0 Å². The van der Waals surface area contributed by atoms with Crippen LogP contribution in [0.2, 0.25) is 0 Å². The summed E-state index contributed by atoms with van der Waals surface area (Å²) in [6.45, 7) is 5.92. The first-order chi connectivity index (χ1) is 4.41. The Morgan fingerprint density at radius 2 is 1.70 bits per heavy atom. The fourth-order valence-corrected chi connectivity index (χ4v) is 0.892. The molecule has 0 spiro atoms. The van der Waals surface area contributed by atoms with Crippen molar-refractivity contribution in [2.45, 2.75) is 45.4 Å². The van der Waals surface area contributed by atoms with Crippen molar-refractivity contribution in [3.05, 3.63) is 20.1 Å². The number of unbranched alkanes of at least 4 members (excludes halogenated alkanes) is 5. The van der Waals surface area contributed by atoms with Crippen LogP contribution in [0.25, 0.3) is 0 Å². The lowest BCUT2D eigenvalue weighted by Gasteiger charge is -1.94. The standard InChI is InChI=1S/C9H18.C/c1-3-5-7-9-8-6-4-2;/h3H,1,4-9H2,2H3;. The first kappa shape index (κ1) is 12.4. The average Bonchev–Trinajstić information content (AvgIpc) is 1.89. The van der Waals surface area contributed by atoms with E-state index in [0.29, 0.717) is 0 Å². The van der Waals surface area contributed by atoms with Crippen molar-refractivity contribution in [2.75, 3.05) is 0 Å². The number of allylic oxidation sites excluding steroid dienone is 1. The summed E-state index contributed by atoms with van der Waals surface area (Å²) in [5, 5.41) is 0. The Balaban J connectivity index is 0. The summed E-state index contributed by atoms with van der Waals surface area (Å²) in [7, 11) is 0. The molecule has 0 fully saturated rings. The highest BCUT2D eigenvalue weighted by Gasteiger charge is 1.84. The van der Waals surface area contributed by atoms with E-state index < -0.39 is 0 Å². The molecule has 0 heteroatoms. The number of rotatable bonds is 6. The molecule has 0 aromatic rings. The Morgan fingerprint density at radius 3 is 2.20 bits per heavy atom. The van der Waals surface area contributed by atoms with Crippen molar-refractivity contribution >= 4 is 0 Å². The van der Waals surface area contributed by atoms with Crippen LogP contribution in [0.1, 0.15) is 45.4 Å². The first-order valence-electron chi connectivity index (χ1n) is 4.02. The third-order valence-electron chi connectivity index (χ3n) is 1.51. The molecule has 0 aliphatic heterocycles. The topological polar surface area (TPSA) is 0 Å². The van der Waals surface area contributed by atoms with E-state index >= 15 is 0 Å². The lowest BCUT2D eigenvalue weighted by molar-refractivity contribution is 0.638. The van der Waals surface area contributed by atoms with Gasteiger partial charge < -0.3 is 0 Å². The molecule has 0 bridgehead atoms. The molecule has 0 aromatic carbocycles. The van der Waals surface area contributed by atoms with E-state index in [2.05, 4.69) is 13.5 Å². The molecule has 0 unspecified atom stereocenters. The van der Waals surface area contributed by atoms with E-state index in [1.54, 1.807) is 0 Å². The molecule has 0 nitrogen and oxygen atoms in total. The molecule has 4 radical (unpaired) electrons. The minimum Gasteiger partial charge on any atom is -0.103 e. The molecule has 0 aliphatic rings. The van der Waals surface area contributed by atoms with Gasteiger partial charge in [-0.25, -0.2) is 0 Å². The average molecular weight is 138 g/mol. The van der Waals surface area contributed by atoms with Crippen LogP contribution in [0.3, 0.4) is 0 Å². The van der Waals surface area contributed by atoms with Gasteiger partial charge >= 0.3 is 0 Å². The SMILES string of the molecule is C=CCCCCCCC.[C]. The molecular weight excluding hydrogens is 120 g/mol. The normalized spacial score (nSPS) is 8.50. The molecule has 0 atom stereocenters. The zero-order valence-corrected chi connectivity index (χ0v) is 7.03. The van der Waals surface area contributed by atoms with Gasteiger partial charge in [0.05, 0.1) is 0 Å². The third kappa shape index (κ3) is 10.7. The number of hydrogen-bond acceptors (Lipinski definition) is 0. The van der Waals surface area contributed by atoms with Crippen LogP contribution < -0.4 is 0 Å². The van der Waals surface area contributed by atoms with E-state index in [1.165, 1.54) is 38.5 Å². The van der Waals surface area contributed by atoms with Gasteiger partial charge in [-0.1, -0.05) is 38.7 Å². The number of hydrogen-bond donors (Lipinski definition) is 0. The minimum atomic E-state index is 0. The lowest BCUT2D eigenvalue weighted by Crippen LogP contribution is -1.74. The van der Waals surface area contributed by atoms with Gasteiger partial charge in [-0.2, -0.15) is 0 Å². The summed E-state index contributed by atoms with van der Waals surface area (Å²) in [6, 6.07) is 0. The molecule has 0 saturated carbocycles. The van der Waals surface area contributed by atoms with Gasteiger partial charge in [-0.05, 0) is 12.8 Å². The molecule has 0 saturated heterocycles. The zero-order valence-electron chi connectivity index (χ0n) is 7.03. The van der Waals surface area contributed by atoms with E-state index in [4.69, 9.17) is 0 Å². The molecule has 0 aliphatic carbocycles. The van der Waals surface area contributed by atoms with E-state index in [9.17, 15) is 0 Å². The van der Waals surface area contributed by atoms with Crippen LogP contribution in [-0.2, 0) is 0 Å². The lowest BCUT2D eigenvalue weighted by atomic mass is 10.1. The summed E-state index contributed by atoms with van der Waals surface area (Å²) in [4.78, 5) is 0. The van der Waals surface area contributed by atoms with Crippen molar-refractivity contribution in [1.29, 1.82) is 0 Å². The molecular formula is C10H18. The van der Waals surface area contributed by atoms with Crippen molar-refractivity contribution in [3.63, 3.8) is 0 Å².